The predicted octanol–water partition coefficient (Wildman–Crippen LogP) is 3.11. The minimum atomic E-state index is -0.466. The minimum absolute atomic E-state index is 0.466. The van der Waals surface area contributed by atoms with Crippen LogP contribution >= 0.6 is 11.3 Å². The molecule has 2 heterocycles. The predicted molar refractivity (Wildman–Crippen MR) is 101 cm³/mol. The van der Waals surface area contributed by atoms with Gasteiger partial charge in [-0.3, -0.25) is 10.0 Å². The summed E-state index contributed by atoms with van der Waals surface area (Å²) in [6, 6.07) is 12.0. The standard InChI is InChI=1S/C19H25N3O2S/c23-19(21-24)18-8-7-17(25-18)16-6-4-5-15(13-16)14-20-9-12-22-10-2-1-3-11-22/h4-8,13,20,24H,1-3,9-12,14H2,(H,21,23). The lowest BCUT2D eigenvalue weighted by Crippen LogP contribution is -2.35. The summed E-state index contributed by atoms with van der Waals surface area (Å²) < 4.78 is 0. The highest BCUT2D eigenvalue weighted by molar-refractivity contribution is 7.17. The lowest BCUT2D eigenvalue weighted by molar-refractivity contribution is 0.0711. The van der Waals surface area contributed by atoms with E-state index in [2.05, 4.69) is 22.3 Å². The lowest BCUT2D eigenvalue weighted by atomic mass is 10.1. The number of nitrogens with one attached hydrogen (secondary N) is 2. The number of hydrogen-bond donors (Lipinski definition) is 3. The van der Waals surface area contributed by atoms with Crippen LogP contribution in [0.2, 0.25) is 0 Å². The zero-order valence-corrected chi connectivity index (χ0v) is 15.1. The van der Waals surface area contributed by atoms with E-state index in [0.717, 1.165) is 30.1 Å². The number of hydroxylamine groups is 1. The second-order valence-electron chi connectivity index (χ2n) is 6.38. The first kappa shape index (κ1) is 18.1. The van der Waals surface area contributed by atoms with E-state index in [4.69, 9.17) is 5.21 Å². The number of piperidine rings is 1. The molecule has 1 aromatic carbocycles. The van der Waals surface area contributed by atoms with Gasteiger partial charge in [0.05, 0.1) is 4.88 Å². The molecular weight excluding hydrogens is 334 g/mol. The maximum Gasteiger partial charge on any atom is 0.284 e. The number of likely N-dealkylation sites (tertiary alicyclic amines) is 1. The second kappa shape index (κ2) is 9.10. The highest BCUT2D eigenvalue weighted by Gasteiger charge is 2.10. The molecule has 1 fully saturated rings. The van der Waals surface area contributed by atoms with Crippen molar-refractivity contribution in [3.63, 3.8) is 0 Å². The van der Waals surface area contributed by atoms with Crippen molar-refractivity contribution < 1.29 is 10.0 Å². The van der Waals surface area contributed by atoms with Crippen molar-refractivity contribution in [2.75, 3.05) is 26.2 Å². The van der Waals surface area contributed by atoms with Crippen LogP contribution in [-0.4, -0.2) is 42.2 Å². The first-order chi connectivity index (χ1) is 12.3. The van der Waals surface area contributed by atoms with E-state index in [9.17, 15) is 4.79 Å². The van der Waals surface area contributed by atoms with Crippen molar-refractivity contribution in [2.24, 2.45) is 0 Å². The molecule has 0 atom stereocenters. The molecule has 1 aliphatic heterocycles. The summed E-state index contributed by atoms with van der Waals surface area (Å²) in [5.74, 6) is -0.466. The van der Waals surface area contributed by atoms with Crippen molar-refractivity contribution in [1.82, 2.24) is 15.7 Å². The number of nitrogens with zero attached hydrogens (tertiary/aromatic N) is 1. The Hall–Kier alpha value is -1.73. The summed E-state index contributed by atoms with van der Waals surface area (Å²) in [7, 11) is 0. The molecule has 3 N–H and O–H groups in total. The van der Waals surface area contributed by atoms with E-state index >= 15 is 0 Å². The average Bonchev–Trinajstić information content (AvgIpc) is 3.16. The Morgan fingerprint density at radius 3 is 2.80 bits per heavy atom. The summed E-state index contributed by atoms with van der Waals surface area (Å²) in [5, 5.41) is 12.2. The van der Waals surface area contributed by atoms with E-state index < -0.39 is 5.91 Å². The first-order valence-corrected chi connectivity index (χ1v) is 9.64. The van der Waals surface area contributed by atoms with Gasteiger partial charge in [-0.2, -0.15) is 0 Å². The Morgan fingerprint density at radius 2 is 2.00 bits per heavy atom. The molecule has 1 aromatic heterocycles. The summed E-state index contributed by atoms with van der Waals surface area (Å²) in [4.78, 5) is 15.5. The molecule has 1 amide bonds. The quantitative estimate of drug-likeness (QED) is 0.404. The normalized spacial score (nSPS) is 15.2. The number of thiophene rings is 1. The van der Waals surface area contributed by atoms with Crippen LogP contribution in [0.4, 0.5) is 0 Å². The molecule has 0 radical (unpaired) electrons. The van der Waals surface area contributed by atoms with Gasteiger partial charge in [-0.25, -0.2) is 5.48 Å². The molecule has 0 spiro atoms. The van der Waals surface area contributed by atoms with Crippen LogP contribution in [0.3, 0.4) is 0 Å². The fraction of sp³-hybridized carbons (Fsp3) is 0.421. The number of benzene rings is 1. The molecular formula is C19H25N3O2S. The van der Waals surface area contributed by atoms with E-state index in [1.54, 1.807) is 11.5 Å². The van der Waals surface area contributed by atoms with Crippen LogP contribution in [0.15, 0.2) is 36.4 Å². The Kier molecular flexibility index (Phi) is 6.58. The topological polar surface area (TPSA) is 64.6 Å². The third-order valence-electron chi connectivity index (χ3n) is 4.53. The summed E-state index contributed by atoms with van der Waals surface area (Å²) in [6.07, 6.45) is 4.04. The maximum atomic E-state index is 11.5. The highest BCUT2D eigenvalue weighted by Crippen LogP contribution is 2.28. The Balaban J connectivity index is 1.52. The summed E-state index contributed by atoms with van der Waals surface area (Å²) >= 11 is 1.38. The third-order valence-corrected chi connectivity index (χ3v) is 5.66. The van der Waals surface area contributed by atoms with Gasteiger partial charge in [-0.15, -0.1) is 11.3 Å². The van der Waals surface area contributed by atoms with Gasteiger partial charge in [0, 0.05) is 24.5 Å². The zero-order valence-electron chi connectivity index (χ0n) is 14.3. The van der Waals surface area contributed by atoms with Gasteiger partial charge < -0.3 is 10.2 Å². The monoisotopic (exact) mass is 359 g/mol. The number of hydrogen-bond acceptors (Lipinski definition) is 5. The third kappa shape index (κ3) is 5.12. The molecule has 0 bridgehead atoms. The van der Waals surface area contributed by atoms with Crippen LogP contribution < -0.4 is 10.8 Å². The van der Waals surface area contributed by atoms with Gasteiger partial charge >= 0.3 is 0 Å². The fourth-order valence-corrected chi connectivity index (χ4v) is 4.05. The second-order valence-corrected chi connectivity index (χ2v) is 7.47. The Morgan fingerprint density at radius 1 is 1.16 bits per heavy atom. The van der Waals surface area contributed by atoms with Crippen molar-refractivity contribution in [1.29, 1.82) is 0 Å². The summed E-state index contributed by atoms with van der Waals surface area (Å²) in [5.41, 5.74) is 4.00. The number of carbonyl (C=O) groups excluding carboxylic acids is 1. The van der Waals surface area contributed by atoms with E-state index in [1.165, 1.54) is 49.3 Å². The van der Waals surface area contributed by atoms with E-state index in [0.29, 0.717) is 4.88 Å². The van der Waals surface area contributed by atoms with Crippen LogP contribution in [0.25, 0.3) is 10.4 Å². The molecule has 0 saturated carbocycles. The average molecular weight is 359 g/mol. The van der Waals surface area contributed by atoms with Crippen LogP contribution in [0.1, 0.15) is 34.5 Å². The summed E-state index contributed by atoms with van der Waals surface area (Å²) in [6.45, 7) is 5.43. The largest absolute Gasteiger partial charge is 0.311 e. The van der Waals surface area contributed by atoms with Crippen molar-refractivity contribution in [3.8, 4) is 10.4 Å². The van der Waals surface area contributed by atoms with Crippen LogP contribution in [0.5, 0.6) is 0 Å². The molecule has 0 aliphatic carbocycles. The fourth-order valence-electron chi connectivity index (χ4n) is 3.16. The number of rotatable bonds is 7. The lowest BCUT2D eigenvalue weighted by Gasteiger charge is -2.26. The Labute approximate surface area is 152 Å². The van der Waals surface area contributed by atoms with Gasteiger partial charge in [0.1, 0.15) is 0 Å². The van der Waals surface area contributed by atoms with E-state index in [1.807, 2.05) is 18.2 Å². The molecule has 134 valence electrons. The molecule has 2 aromatic rings. The van der Waals surface area contributed by atoms with Crippen molar-refractivity contribution in [3.05, 3.63) is 46.8 Å². The highest BCUT2D eigenvalue weighted by atomic mass is 32.1. The maximum absolute atomic E-state index is 11.5. The van der Waals surface area contributed by atoms with Gasteiger partial charge in [0.15, 0.2) is 0 Å². The number of amides is 1. The molecule has 3 rings (SSSR count). The van der Waals surface area contributed by atoms with E-state index in [-0.39, 0.29) is 0 Å². The molecule has 0 unspecified atom stereocenters. The molecule has 1 saturated heterocycles. The van der Waals surface area contributed by atoms with Crippen LogP contribution in [0, 0.1) is 0 Å². The minimum Gasteiger partial charge on any atom is -0.311 e. The zero-order chi connectivity index (χ0) is 17.5. The van der Waals surface area contributed by atoms with Gasteiger partial charge in [-0.1, -0.05) is 24.6 Å². The van der Waals surface area contributed by atoms with Crippen molar-refractivity contribution >= 4 is 17.2 Å². The molecule has 6 heteroatoms. The van der Waals surface area contributed by atoms with Crippen LogP contribution in [-0.2, 0) is 6.54 Å². The van der Waals surface area contributed by atoms with Crippen molar-refractivity contribution in [2.45, 2.75) is 25.8 Å². The molecule has 25 heavy (non-hydrogen) atoms. The Bertz CT molecular complexity index is 695. The van der Waals surface area contributed by atoms with Gasteiger partial charge in [0.25, 0.3) is 5.91 Å². The smallest absolute Gasteiger partial charge is 0.284 e. The first-order valence-electron chi connectivity index (χ1n) is 8.83. The SMILES string of the molecule is O=C(NO)c1ccc(-c2cccc(CNCCN3CCCCC3)c2)s1. The van der Waals surface area contributed by atoms with Gasteiger partial charge in [-0.05, 0) is 55.3 Å². The van der Waals surface area contributed by atoms with Gasteiger partial charge in [0.2, 0.25) is 0 Å². The molecule has 5 nitrogen and oxygen atoms in total. The molecule has 1 aliphatic rings. The number of carbonyl (C=O) groups is 1.